The van der Waals surface area contributed by atoms with Crippen molar-refractivity contribution in [1.82, 2.24) is 4.98 Å². The van der Waals surface area contributed by atoms with Gasteiger partial charge in [0.1, 0.15) is 16.7 Å². The number of rotatable bonds is 3. The Morgan fingerprint density at radius 1 is 1.28 bits per heavy atom. The standard InChI is InChI=1S/C12H10BrClN2O2/c1-17-8-2-3-10(9(13)6-8)18-12-5-7(15)4-11(14)16-12/h2-6H,1H3,(H2,15,16). The van der Waals surface area contributed by atoms with Crippen molar-refractivity contribution < 1.29 is 9.47 Å². The van der Waals surface area contributed by atoms with Crippen LogP contribution < -0.4 is 15.2 Å². The first-order valence-corrected chi connectivity index (χ1v) is 6.20. The van der Waals surface area contributed by atoms with Gasteiger partial charge >= 0.3 is 0 Å². The van der Waals surface area contributed by atoms with E-state index in [-0.39, 0.29) is 5.15 Å². The van der Waals surface area contributed by atoms with Crippen LogP contribution in [0.5, 0.6) is 17.4 Å². The van der Waals surface area contributed by atoms with Gasteiger partial charge in [-0.15, -0.1) is 0 Å². The molecule has 6 heteroatoms. The van der Waals surface area contributed by atoms with Crippen LogP contribution in [0.15, 0.2) is 34.8 Å². The van der Waals surface area contributed by atoms with Gasteiger partial charge in [-0.25, -0.2) is 4.98 Å². The molecule has 4 nitrogen and oxygen atoms in total. The largest absolute Gasteiger partial charge is 0.497 e. The summed E-state index contributed by atoms with van der Waals surface area (Å²) in [5.74, 6) is 1.67. The number of pyridine rings is 1. The lowest BCUT2D eigenvalue weighted by atomic mass is 10.3. The highest BCUT2D eigenvalue weighted by atomic mass is 79.9. The third kappa shape index (κ3) is 3.05. The van der Waals surface area contributed by atoms with Gasteiger partial charge in [-0.3, -0.25) is 0 Å². The molecule has 2 rings (SSSR count). The molecule has 0 fully saturated rings. The third-order valence-corrected chi connectivity index (χ3v) is 2.96. The van der Waals surface area contributed by atoms with E-state index >= 15 is 0 Å². The van der Waals surface area contributed by atoms with E-state index in [4.69, 9.17) is 26.8 Å². The van der Waals surface area contributed by atoms with E-state index in [9.17, 15) is 0 Å². The number of nitrogens with two attached hydrogens (primary N) is 1. The Morgan fingerprint density at radius 2 is 2.06 bits per heavy atom. The van der Waals surface area contributed by atoms with Crippen LogP contribution in [-0.4, -0.2) is 12.1 Å². The summed E-state index contributed by atoms with van der Waals surface area (Å²) >= 11 is 9.19. The van der Waals surface area contributed by atoms with Crippen molar-refractivity contribution in [1.29, 1.82) is 0 Å². The summed E-state index contributed by atoms with van der Waals surface area (Å²) < 4.78 is 11.4. The first kappa shape index (κ1) is 13.0. The van der Waals surface area contributed by atoms with Gasteiger partial charge in [-0.2, -0.15) is 0 Å². The van der Waals surface area contributed by atoms with E-state index in [1.807, 2.05) is 0 Å². The molecule has 0 bridgehead atoms. The molecular formula is C12H10BrClN2O2. The van der Waals surface area contributed by atoms with Gasteiger partial charge in [0.2, 0.25) is 5.88 Å². The Kier molecular flexibility index (Phi) is 3.93. The number of nitrogen functional groups attached to an aromatic ring is 1. The van der Waals surface area contributed by atoms with Crippen molar-refractivity contribution in [3.63, 3.8) is 0 Å². The fraction of sp³-hybridized carbons (Fsp3) is 0.0833. The van der Waals surface area contributed by atoms with Crippen LogP contribution in [0.2, 0.25) is 5.15 Å². The number of ether oxygens (including phenoxy) is 2. The highest BCUT2D eigenvalue weighted by molar-refractivity contribution is 9.10. The molecule has 0 aliphatic heterocycles. The zero-order chi connectivity index (χ0) is 13.1. The fourth-order valence-corrected chi connectivity index (χ4v) is 2.00. The molecule has 0 amide bonds. The molecule has 0 spiro atoms. The maximum absolute atomic E-state index is 5.80. The predicted octanol–water partition coefficient (Wildman–Crippen LogP) is 3.88. The number of benzene rings is 1. The molecule has 0 saturated carbocycles. The number of aromatic nitrogens is 1. The average molecular weight is 330 g/mol. The lowest BCUT2D eigenvalue weighted by molar-refractivity contribution is 0.411. The average Bonchev–Trinajstić information content (AvgIpc) is 2.30. The van der Waals surface area contributed by atoms with Crippen molar-refractivity contribution in [2.24, 2.45) is 0 Å². The second kappa shape index (κ2) is 5.46. The van der Waals surface area contributed by atoms with Gasteiger partial charge in [0.05, 0.1) is 11.6 Å². The second-order valence-electron chi connectivity index (χ2n) is 3.46. The zero-order valence-electron chi connectivity index (χ0n) is 9.48. The quantitative estimate of drug-likeness (QED) is 0.868. The summed E-state index contributed by atoms with van der Waals surface area (Å²) in [7, 11) is 1.60. The molecule has 1 aromatic carbocycles. The van der Waals surface area contributed by atoms with Crippen LogP contribution in [0.25, 0.3) is 0 Å². The first-order valence-electron chi connectivity index (χ1n) is 5.03. The minimum atomic E-state index is 0.287. The smallest absolute Gasteiger partial charge is 0.222 e. The number of nitrogens with zero attached hydrogens (tertiary/aromatic N) is 1. The lowest BCUT2D eigenvalue weighted by Crippen LogP contribution is -1.93. The Morgan fingerprint density at radius 3 is 2.67 bits per heavy atom. The fourth-order valence-electron chi connectivity index (χ4n) is 1.35. The minimum absolute atomic E-state index is 0.287. The van der Waals surface area contributed by atoms with Crippen LogP contribution in [0.1, 0.15) is 0 Å². The van der Waals surface area contributed by atoms with E-state index in [1.165, 1.54) is 0 Å². The molecule has 0 radical (unpaired) electrons. The summed E-state index contributed by atoms with van der Waals surface area (Å²) in [6.45, 7) is 0. The molecule has 2 N–H and O–H groups in total. The van der Waals surface area contributed by atoms with Gasteiger partial charge in [0, 0.05) is 11.8 Å². The molecule has 18 heavy (non-hydrogen) atoms. The highest BCUT2D eigenvalue weighted by Crippen LogP contribution is 2.32. The van der Waals surface area contributed by atoms with Crippen LogP contribution in [-0.2, 0) is 0 Å². The summed E-state index contributed by atoms with van der Waals surface area (Å²) in [5, 5.41) is 0.287. The van der Waals surface area contributed by atoms with Gasteiger partial charge in [0.25, 0.3) is 0 Å². The number of anilines is 1. The number of methoxy groups -OCH3 is 1. The number of halogens is 2. The first-order chi connectivity index (χ1) is 8.58. The van der Waals surface area contributed by atoms with Crippen molar-refractivity contribution in [2.45, 2.75) is 0 Å². The van der Waals surface area contributed by atoms with E-state index < -0.39 is 0 Å². The van der Waals surface area contributed by atoms with E-state index in [1.54, 1.807) is 37.4 Å². The molecule has 0 unspecified atom stereocenters. The predicted molar refractivity (Wildman–Crippen MR) is 74.4 cm³/mol. The van der Waals surface area contributed by atoms with Crippen molar-refractivity contribution in [3.8, 4) is 17.4 Å². The van der Waals surface area contributed by atoms with Crippen LogP contribution in [0.3, 0.4) is 0 Å². The molecule has 2 aromatic rings. The Labute approximate surface area is 118 Å². The highest BCUT2D eigenvalue weighted by Gasteiger charge is 2.06. The minimum Gasteiger partial charge on any atom is -0.497 e. The maximum atomic E-state index is 5.80. The molecule has 0 aliphatic rings. The summed E-state index contributed by atoms with van der Waals surface area (Å²) in [4.78, 5) is 4.02. The normalized spacial score (nSPS) is 10.2. The van der Waals surface area contributed by atoms with Gasteiger partial charge < -0.3 is 15.2 Å². The Bertz CT molecular complexity index is 558. The molecule has 1 heterocycles. The van der Waals surface area contributed by atoms with Crippen LogP contribution >= 0.6 is 27.5 Å². The van der Waals surface area contributed by atoms with Crippen LogP contribution in [0, 0.1) is 0 Å². The Balaban J connectivity index is 2.28. The van der Waals surface area contributed by atoms with Crippen molar-refractivity contribution in [3.05, 3.63) is 40.0 Å². The van der Waals surface area contributed by atoms with E-state index in [0.29, 0.717) is 17.3 Å². The Hall–Kier alpha value is -1.46. The number of hydrogen-bond donors (Lipinski definition) is 1. The van der Waals surface area contributed by atoms with Gasteiger partial charge in [-0.1, -0.05) is 11.6 Å². The lowest BCUT2D eigenvalue weighted by Gasteiger charge is -2.09. The molecule has 0 saturated heterocycles. The molecule has 0 aliphatic carbocycles. The molecule has 1 aromatic heterocycles. The summed E-state index contributed by atoms with van der Waals surface area (Å²) in [6.07, 6.45) is 0. The molecule has 0 atom stereocenters. The summed E-state index contributed by atoms with van der Waals surface area (Å²) in [6, 6.07) is 8.50. The second-order valence-corrected chi connectivity index (χ2v) is 4.70. The van der Waals surface area contributed by atoms with E-state index in [0.717, 1.165) is 10.2 Å². The SMILES string of the molecule is COc1ccc(Oc2cc(N)cc(Cl)n2)c(Br)c1. The molecule has 94 valence electrons. The van der Waals surface area contributed by atoms with Gasteiger partial charge in [0.15, 0.2) is 0 Å². The monoisotopic (exact) mass is 328 g/mol. The number of hydrogen-bond acceptors (Lipinski definition) is 4. The summed E-state index contributed by atoms with van der Waals surface area (Å²) in [5.41, 5.74) is 6.16. The van der Waals surface area contributed by atoms with Crippen molar-refractivity contribution >= 4 is 33.2 Å². The topological polar surface area (TPSA) is 57.4 Å². The van der Waals surface area contributed by atoms with Gasteiger partial charge in [-0.05, 0) is 40.2 Å². The molecular weight excluding hydrogens is 320 g/mol. The van der Waals surface area contributed by atoms with E-state index in [2.05, 4.69) is 20.9 Å². The van der Waals surface area contributed by atoms with Crippen molar-refractivity contribution in [2.75, 3.05) is 12.8 Å². The van der Waals surface area contributed by atoms with Crippen LogP contribution in [0.4, 0.5) is 5.69 Å². The zero-order valence-corrected chi connectivity index (χ0v) is 11.8. The maximum Gasteiger partial charge on any atom is 0.222 e. The third-order valence-electron chi connectivity index (χ3n) is 2.15.